The number of rotatable bonds is 2. The molecular weight excluding hydrogens is 226 g/mol. The summed E-state index contributed by atoms with van der Waals surface area (Å²) in [5, 5.41) is 9.67. The quantitative estimate of drug-likeness (QED) is 0.857. The fraction of sp³-hybridized carbons (Fsp3) is 0.417. The Morgan fingerprint density at radius 1 is 1.31 bits per heavy atom. The number of anilines is 1. The Kier molecular flexibility index (Phi) is 2.11. The van der Waals surface area contributed by atoms with Gasteiger partial charge in [-0.25, -0.2) is 0 Å². The highest BCUT2D eigenvalue weighted by molar-refractivity contribution is 6.33. The number of aliphatic carboxylic acids is 1. The molecule has 1 N–H and O–H groups in total. The molecule has 1 heterocycles. The van der Waals surface area contributed by atoms with Gasteiger partial charge < -0.3 is 10.0 Å². The number of halogens is 1. The number of nitrogens with zero attached hydrogens (tertiary/aromatic N) is 1. The van der Waals surface area contributed by atoms with Crippen LogP contribution in [0.4, 0.5) is 5.69 Å². The van der Waals surface area contributed by atoms with Crippen molar-refractivity contribution >= 4 is 23.3 Å². The lowest BCUT2D eigenvalue weighted by atomic mass is 10.2. The Morgan fingerprint density at radius 2 is 1.94 bits per heavy atom. The molecule has 1 saturated heterocycles. The largest absolute Gasteiger partial charge is 0.481 e. The van der Waals surface area contributed by atoms with Crippen LogP contribution in [0.1, 0.15) is 0 Å². The molecule has 1 aliphatic carbocycles. The summed E-state index contributed by atoms with van der Waals surface area (Å²) < 4.78 is 0. The first-order valence-electron chi connectivity index (χ1n) is 5.41. The van der Waals surface area contributed by atoms with Gasteiger partial charge in [0.25, 0.3) is 0 Å². The Hall–Kier alpha value is -1.22. The lowest BCUT2D eigenvalue weighted by molar-refractivity contribution is -0.139. The van der Waals surface area contributed by atoms with Crippen LogP contribution >= 0.6 is 11.6 Å². The molecule has 0 spiro atoms. The summed E-state index contributed by atoms with van der Waals surface area (Å²) in [6, 6.07) is 7.72. The highest BCUT2D eigenvalue weighted by Crippen LogP contribution is 2.53. The fourth-order valence-corrected chi connectivity index (χ4v) is 3.05. The van der Waals surface area contributed by atoms with Crippen LogP contribution in [0.5, 0.6) is 0 Å². The monoisotopic (exact) mass is 237 g/mol. The Balaban J connectivity index is 1.74. The molecule has 1 aromatic rings. The number of para-hydroxylation sites is 1. The third-order valence-corrected chi connectivity index (χ3v) is 3.99. The molecule has 1 aromatic carbocycles. The third-order valence-electron chi connectivity index (χ3n) is 3.67. The van der Waals surface area contributed by atoms with E-state index in [4.69, 9.17) is 16.7 Å². The fourth-order valence-electron chi connectivity index (χ4n) is 2.80. The van der Waals surface area contributed by atoms with Crippen molar-refractivity contribution in [1.29, 1.82) is 0 Å². The van der Waals surface area contributed by atoms with Crippen molar-refractivity contribution in [2.75, 3.05) is 18.0 Å². The van der Waals surface area contributed by atoms with E-state index >= 15 is 0 Å². The molecule has 4 heteroatoms. The van der Waals surface area contributed by atoms with Gasteiger partial charge in [0.2, 0.25) is 0 Å². The van der Waals surface area contributed by atoms with Crippen molar-refractivity contribution in [3.05, 3.63) is 29.3 Å². The smallest absolute Gasteiger partial charge is 0.307 e. The number of carboxylic acid groups (broad SMARTS) is 1. The number of fused-ring (bicyclic) bond motifs is 1. The van der Waals surface area contributed by atoms with Crippen molar-refractivity contribution in [3.8, 4) is 0 Å². The molecule has 2 unspecified atom stereocenters. The Bertz CT molecular complexity index is 436. The van der Waals surface area contributed by atoms with E-state index in [0.717, 1.165) is 23.8 Å². The average molecular weight is 238 g/mol. The summed E-state index contributed by atoms with van der Waals surface area (Å²) in [6.07, 6.45) is 0. The van der Waals surface area contributed by atoms with Crippen molar-refractivity contribution in [2.24, 2.45) is 17.8 Å². The number of carboxylic acids is 1. The predicted octanol–water partition coefficient (Wildman–Crippen LogP) is 2.11. The molecule has 0 aromatic heterocycles. The minimum atomic E-state index is -0.645. The first-order chi connectivity index (χ1) is 7.68. The van der Waals surface area contributed by atoms with E-state index in [1.54, 1.807) is 0 Å². The molecule has 1 aliphatic heterocycles. The molecular formula is C12H12ClNO2. The topological polar surface area (TPSA) is 40.5 Å². The molecule has 3 nitrogen and oxygen atoms in total. The highest BCUT2D eigenvalue weighted by Gasteiger charge is 2.59. The van der Waals surface area contributed by atoms with Crippen LogP contribution in [0.3, 0.4) is 0 Å². The number of hydrogen-bond donors (Lipinski definition) is 1. The van der Waals surface area contributed by atoms with Gasteiger partial charge in [-0.3, -0.25) is 4.79 Å². The van der Waals surface area contributed by atoms with Crippen molar-refractivity contribution in [3.63, 3.8) is 0 Å². The van der Waals surface area contributed by atoms with Gasteiger partial charge in [-0.2, -0.15) is 0 Å². The second kappa shape index (κ2) is 3.39. The van der Waals surface area contributed by atoms with Crippen LogP contribution in [-0.2, 0) is 4.79 Å². The maximum absolute atomic E-state index is 10.8. The summed E-state index contributed by atoms with van der Waals surface area (Å²) in [5.74, 6) is -0.102. The van der Waals surface area contributed by atoms with Gasteiger partial charge in [-0.1, -0.05) is 23.7 Å². The maximum atomic E-state index is 10.8. The SMILES string of the molecule is O=C(O)C1C2CN(c3ccccc3Cl)CC21. The summed E-state index contributed by atoms with van der Waals surface area (Å²) in [4.78, 5) is 13.0. The molecule has 0 amide bonds. The van der Waals surface area contributed by atoms with E-state index in [2.05, 4.69) is 4.90 Å². The Morgan fingerprint density at radius 3 is 2.50 bits per heavy atom. The van der Waals surface area contributed by atoms with Gasteiger partial charge in [-0.05, 0) is 24.0 Å². The summed E-state index contributed by atoms with van der Waals surface area (Å²) in [6.45, 7) is 1.65. The molecule has 3 rings (SSSR count). The number of carbonyl (C=O) groups is 1. The zero-order valence-electron chi connectivity index (χ0n) is 8.64. The van der Waals surface area contributed by atoms with Crippen molar-refractivity contribution in [2.45, 2.75) is 0 Å². The van der Waals surface area contributed by atoms with Crippen LogP contribution in [0.25, 0.3) is 0 Å². The number of benzene rings is 1. The van der Waals surface area contributed by atoms with Crippen LogP contribution in [0, 0.1) is 17.8 Å². The zero-order valence-corrected chi connectivity index (χ0v) is 9.39. The molecule has 16 heavy (non-hydrogen) atoms. The number of hydrogen-bond acceptors (Lipinski definition) is 2. The van der Waals surface area contributed by atoms with Crippen LogP contribution in [0.2, 0.25) is 5.02 Å². The summed E-state index contributed by atoms with van der Waals surface area (Å²) >= 11 is 6.11. The van der Waals surface area contributed by atoms with E-state index in [1.165, 1.54) is 0 Å². The lowest BCUT2D eigenvalue weighted by Gasteiger charge is -2.22. The van der Waals surface area contributed by atoms with E-state index in [-0.39, 0.29) is 5.92 Å². The first-order valence-corrected chi connectivity index (χ1v) is 5.78. The molecule has 2 atom stereocenters. The van der Waals surface area contributed by atoms with Gasteiger partial charge in [0.1, 0.15) is 0 Å². The minimum absolute atomic E-state index is 0.112. The van der Waals surface area contributed by atoms with Crippen LogP contribution in [0.15, 0.2) is 24.3 Å². The van der Waals surface area contributed by atoms with Gasteiger partial charge >= 0.3 is 5.97 Å². The zero-order chi connectivity index (χ0) is 11.3. The van der Waals surface area contributed by atoms with E-state index < -0.39 is 5.97 Å². The lowest BCUT2D eigenvalue weighted by Crippen LogP contribution is -2.26. The average Bonchev–Trinajstić information content (AvgIpc) is 2.76. The first kappa shape index (κ1) is 9.97. The standard InChI is InChI=1S/C12H12ClNO2/c13-9-3-1-2-4-10(9)14-5-7-8(6-14)11(7)12(15)16/h1-4,7-8,11H,5-6H2,(H,15,16). The van der Waals surface area contributed by atoms with Crippen LogP contribution < -0.4 is 4.90 Å². The summed E-state index contributed by atoms with van der Waals surface area (Å²) in [7, 11) is 0. The minimum Gasteiger partial charge on any atom is -0.481 e. The van der Waals surface area contributed by atoms with E-state index in [1.807, 2.05) is 24.3 Å². The second-order valence-corrected chi connectivity index (χ2v) is 4.96. The van der Waals surface area contributed by atoms with Crippen LogP contribution in [-0.4, -0.2) is 24.2 Å². The van der Waals surface area contributed by atoms with E-state index in [0.29, 0.717) is 11.8 Å². The molecule has 0 radical (unpaired) electrons. The van der Waals surface area contributed by atoms with Crippen molar-refractivity contribution < 1.29 is 9.90 Å². The van der Waals surface area contributed by atoms with Gasteiger partial charge in [-0.15, -0.1) is 0 Å². The molecule has 0 bridgehead atoms. The van der Waals surface area contributed by atoms with E-state index in [9.17, 15) is 4.79 Å². The predicted molar refractivity (Wildman–Crippen MR) is 61.8 cm³/mol. The van der Waals surface area contributed by atoms with Gasteiger partial charge in [0.15, 0.2) is 0 Å². The third kappa shape index (κ3) is 1.39. The van der Waals surface area contributed by atoms with Crippen molar-refractivity contribution in [1.82, 2.24) is 0 Å². The molecule has 2 aliphatic rings. The number of piperidine rings is 1. The molecule has 1 saturated carbocycles. The van der Waals surface area contributed by atoms with Gasteiger partial charge in [0.05, 0.1) is 16.6 Å². The summed E-state index contributed by atoms with van der Waals surface area (Å²) in [5.41, 5.74) is 1.03. The second-order valence-electron chi connectivity index (χ2n) is 4.55. The molecule has 84 valence electrons. The Labute approximate surface area is 98.6 Å². The maximum Gasteiger partial charge on any atom is 0.307 e. The highest BCUT2D eigenvalue weighted by atomic mass is 35.5. The normalized spacial score (nSPS) is 31.3. The van der Waals surface area contributed by atoms with Gasteiger partial charge in [0, 0.05) is 13.1 Å². The molecule has 2 fully saturated rings.